The van der Waals surface area contributed by atoms with Crippen molar-refractivity contribution in [3.8, 4) is 0 Å². The predicted molar refractivity (Wildman–Crippen MR) is 76.1 cm³/mol. The zero-order valence-corrected chi connectivity index (χ0v) is 10.5. The molecule has 5 heteroatoms. The fraction of sp³-hybridized carbons (Fsp3) is 0.143. The molecule has 0 atom stereocenters. The summed E-state index contributed by atoms with van der Waals surface area (Å²) < 4.78 is 0. The molecule has 0 aliphatic carbocycles. The highest BCUT2D eigenvalue weighted by Gasteiger charge is 2.02. The van der Waals surface area contributed by atoms with Crippen LogP contribution in [-0.4, -0.2) is 17.6 Å². The summed E-state index contributed by atoms with van der Waals surface area (Å²) in [7, 11) is 0. The van der Waals surface area contributed by atoms with Gasteiger partial charge in [0, 0.05) is 11.9 Å². The average Bonchev–Trinajstić information content (AvgIpc) is 2.42. The van der Waals surface area contributed by atoms with Crippen LogP contribution < -0.4 is 16.4 Å². The molecule has 1 heterocycles. The molecule has 2 amide bonds. The number of rotatable bonds is 4. The Balaban J connectivity index is 1.91. The van der Waals surface area contributed by atoms with Gasteiger partial charge in [-0.05, 0) is 42.8 Å². The van der Waals surface area contributed by atoms with Crippen LogP contribution in [0.3, 0.4) is 0 Å². The van der Waals surface area contributed by atoms with Gasteiger partial charge in [-0.15, -0.1) is 0 Å². The molecule has 19 heavy (non-hydrogen) atoms. The molecule has 0 unspecified atom stereocenters. The van der Waals surface area contributed by atoms with E-state index in [2.05, 4.69) is 15.6 Å². The van der Waals surface area contributed by atoms with Crippen molar-refractivity contribution in [3.05, 3.63) is 54.4 Å². The standard InChI is InChI=1S/C14H16N4O/c15-8-7-11-3-5-12(6-4-11)17-14(19)18-13-2-1-9-16-10-13/h1-6,9-10H,7-8,15H2,(H2,17,18,19). The molecule has 5 nitrogen and oxygen atoms in total. The minimum Gasteiger partial charge on any atom is -0.330 e. The first-order valence-corrected chi connectivity index (χ1v) is 6.05. The third-order valence-electron chi connectivity index (χ3n) is 2.56. The molecule has 0 bridgehead atoms. The quantitative estimate of drug-likeness (QED) is 0.784. The van der Waals surface area contributed by atoms with Crippen LogP contribution in [0.5, 0.6) is 0 Å². The van der Waals surface area contributed by atoms with E-state index < -0.39 is 0 Å². The van der Waals surface area contributed by atoms with Crippen molar-refractivity contribution >= 4 is 17.4 Å². The Morgan fingerprint density at radius 2 is 1.84 bits per heavy atom. The van der Waals surface area contributed by atoms with E-state index in [-0.39, 0.29) is 6.03 Å². The zero-order chi connectivity index (χ0) is 13.5. The molecule has 4 N–H and O–H groups in total. The summed E-state index contributed by atoms with van der Waals surface area (Å²) in [4.78, 5) is 15.6. The number of hydrogen-bond donors (Lipinski definition) is 3. The van der Waals surface area contributed by atoms with E-state index >= 15 is 0 Å². The minimum absolute atomic E-state index is 0.292. The lowest BCUT2D eigenvalue weighted by Gasteiger charge is -2.07. The lowest BCUT2D eigenvalue weighted by molar-refractivity contribution is 0.262. The summed E-state index contributed by atoms with van der Waals surface area (Å²) in [6.45, 7) is 0.619. The molecular weight excluding hydrogens is 240 g/mol. The number of amides is 2. The number of nitrogens with one attached hydrogen (secondary N) is 2. The zero-order valence-electron chi connectivity index (χ0n) is 10.5. The highest BCUT2D eigenvalue weighted by Crippen LogP contribution is 2.11. The Bertz CT molecular complexity index is 525. The predicted octanol–water partition coefficient (Wildman–Crippen LogP) is 2.23. The number of carbonyl (C=O) groups excluding carboxylic acids is 1. The van der Waals surface area contributed by atoms with E-state index in [1.54, 1.807) is 24.5 Å². The minimum atomic E-state index is -0.292. The molecule has 0 aliphatic rings. The van der Waals surface area contributed by atoms with Crippen molar-refractivity contribution in [1.29, 1.82) is 0 Å². The fourth-order valence-electron chi connectivity index (χ4n) is 1.65. The van der Waals surface area contributed by atoms with Crippen LogP contribution in [0.25, 0.3) is 0 Å². The highest BCUT2D eigenvalue weighted by molar-refractivity contribution is 5.99. The van der Waals surface area contributed by atoms with Gasteiger partial charge < -0.3 is 16.4 Å². The van der Waals surface area contributed by atoms with E-state index in [0.29, 0.717) is 12.2 Å². The molecule has 0 saturated heterocycles. The van der Waals surface area contributed by atoms with Gasteiger partial charge in [-0.1, -0.05) is 12.1 Å². The number of hydrogen-bond acceptors (Lipinski definition) is 3. The Morgan fingerprint density at radius 1 is 1.11 bits per heavy atom. The number of urea groups is 1. The Labute approximate surface area is 111 Å². The Kier molecular flexibility index (Phi) is 4.47. The smallest absolute Gasteiger partial charge is 0.323 e. The average molecular weight is 256 g/mol. The van der Waals surface area contributed by atoms with E-state index in [1.165, 1.54) is 0 Å². The number of carbonyl (C=O) groups is 1. The van der Waals surface area contributed by atoms with Crippen molar-refractivity contribution in [2.24, 2.45) is 5.73 Å². The van der Waals surface area contributed by atoms with Crippen molar-refractivity contribution in [2.75, 3.05) is 17.2 Å². The summed E-state index contributed by atoms with van der Waals surface area (Å²) in [6.07, 6.45) is 4.07. The van der Waals surface area contributed by atoms with Gasteiger partial charge in [0.1, 0.15) is 0 Å². The number of aromatic nitrogens is 1. The third-order valence-corrected chi connectivity index (χ3v) is 2.56. The van der Waals surface area contributed by atoms with Crippen molar-refractivity contribution in [1.82, 2.24) is 4.98 Å². The van der Waals surface area contributed by atoms with Crippen LogP contribution in [0.2, 0.25) is 0 Å². The van der Waals surface area contributed by atoms with Gasteiger partial charge in [-0.25, -0.2) is 4.79 Å². The van der Waals surface area contributed by atoms with E-state index in [0.717, 1.165) is 17.7 Å². The summed E-state index contributed by atoms with van der Waals surface area (Å²) >= 11 is 0. The molecule has 0 radical (unpaired) electrons. The van der Waals surface area contributed by atoms with E-state index in [9.17, 15) is 4.79 Å². The summed E-state index contributed by atoms with van der Waals surface area (Å²) in [5, 5.41) is 5.45. The molecule has 1 aromatic carbocycles. The fourth-order valence-corrected chi connectivity index (χ4v) is 1.65. The number of nitrogens with zero attached hydrogens (tertiary/aromatic N) is 1. The number of nitrogens with two attached hydrogens (primary N) is 1. The molecule has 98 valence electrons. The maximum atomic E-state index is 11.7. The van der Waals surface area contributed by atoms with Crippen LogP contribution in [0, 0.1) is 0 Å². The first-order valence-electron chi connectivity index (χ1n) is 6.05. The van der Waals surface area contributed by atoms with Gasteiger partial charge in [0.25, 0.3) is 0 Å². The van der Waals surface area contributed by atoms with Gasteiger partial charge in [0.05, 0.1) is 11.9 Å². The van der Waals surface area contributed by atoms with E-state index in [4.69, 9.17) is 5.73 Å². The molecule has 0 fully saturated rings. The first-order chi connectivity index (χ1) is 9.28. The van der Waals surface area contributed by atoms with Crippen LogP contribution in [-0.2, 0) is 6.42 Å². The second-order valence-electron chi connectivity index (χ2n) is 4.06. The van der Waals surface area contributed by atoms with Crippen LogP contribution in [0.1, 0.15) is 5.56 Å². The largest absolute Gasteiger partial charge is 0.330 e. The lowest BCUT2D eigenvalue weighted by atomic mass is 10.1. The van der Waals surface area contributed by atoms with Crippen molar-refractivity contribution in [2.45, 2.75) is 6.42 Å². The normalized spacial score (nSPS) is 9.95. The van der Waals surface area contributed by atoms with Crippen LogP contribution in [0.4, 0.5) is 16.2 Å². The number of anilines is 2. The van der Waals surface area contributed by atoms with Gasteiger partial charge in [-0.3, -0.25) is 4.98 Å². The maximum absolute atomic E-state index is 11.7. The number of benzene rings is 1. The molecule has 0 saturated carbocycles. The second-order valence-corrected chi connectivity index (χ2v) is 4.06. The van der Waals surface area contributed by atoms with Gasteiger partial charge >= 0.3 is 6.03 Å². The monoisotopic (exact) mass is 256 g/mol. The molecular formula is C14H16N4O. The molecule has 0 spiro atoms. The van der Waals surface area contributed by atoms with Crippen LogP contribution in [0.15, 0.2) is 48.8 Å². The summed E-state index contributed by atoms with van der Waals surface area (Å²) in [6, 6.07) is 10.9. The van der Waals surface area contributed by atoms with Gasteiger partial charge in [-0.2, -0.15) is 0 Å². The topological polar surface area (TPSA) is 80.0 Å². The molecule has 2 aromatic rings. The first kappa shape index (κ1) is 13.0. The summed E-state index contributed by atoms with van der Waals surface area (Å²) in [5.74, 6) is 0. The molecule has 1 aromatic heterocycles. The Morgan fingerprint density at radius 3 is 2.47 bits per heavy atom. The Hall–Kier alpha value is -2.40. The second kappa shape index (κ2) is 6.51. The maximum Gasteiger partial charge on any atom is 0.323 e. The lowest BCUT2D eigenvalue weighted by Crippen LogP contribution is -2.19. The highest BCUT2D eigenvalue weighted by atomic mass is 16.2. The van der Waals surface area contributed by atoms with Crippen molar-refractivity contribution < 1.29 is 4.79 Å². The third kappa shape index (κ3) is 4.08. The number of pyridine rings is 1. The van der Waals surface area contributed by atoms with Gasteiger partial charge in [0.2, 0.25) is 0 Å². The molecule has 2 rings (SSSR count). The SMILES string of the molecule is NCCc1ccc(NC(=O)Nc2cccnc2)cc1. The summed E-state index contributed by atoms with van der Waals surface area (Å²) in [5.41, 5.74) is 8.02. The van der Waals surface area contributed by atoms with Crippen molar-refractivity contribution in [3.63, 3.8) is 0 Å². The van der Waals surface area contributed by atoms with Gasteiger partial charge in [0.15, 0.2) is 0 Å². The van der Waals surface area contributed by atoms with Crippen LogP contribution >= 0.6 is 0 Å². The molecule has 0 aliphatic heterocycles. The van der Waals surface area contributed by atoms with E-state index in [1.807, 2.05) is 24.3 Å².